The van der Waals surface area contributed by atoms with Crippen molar-refractivity contribution in [3.8, 4) is 5.75 Å². The number of esters is 2. The van der Waals surface area contributed by atoms with Crippen molar-refractivity contribution < 1.29 is 19.1 Å². The highest BCUT2D eigenvalue weighted by Crippen LogP contribution is 2.33. The van der Waals surface area contributed by atoms with Gasteiger partial charge in [-0.05, 0) is 49.9 Å². The second kappa shape index (κ2) is 9.81. The molecule has 1 aromatic carbocycles. The summed E-state index contributed by atoms with van der Waals surface area (Å²) < 4.78 is 10.9. The van der Waals surface area contributed by atoms with E-state index in [1.807, 2.05) is 6.92 Å². The highest BCUT2D eigenvalue weighted by Gasteiger charge is 2.38. The first-order valence-corrected chi connectivity index (χ1v) is 9.55. The molecule has 5 heteroatoms. The van der Waals surface area contributed by atoms with E-state index in [9.17, 15) is 9.59 Å². The zero-order chi connectivity index (χ0) is 18.2. The van der Waals surface area contributed by atoms with Crippen LogP contribution >= 0.6 is 11.6 Å². The van der Waals surface area contributed by atoms with Gasteiger partial charge in [-0.15, -0.1) is 0 Å². The second-order valence-electron chi connectivity index (χ2n) is 6.70. The van der Waals surface area contributed by atoms with E-state index in [0.29, 0.717) is 30.2 Å². The molecular formula is C20H27ClO4. The number of hydrogen-bond donors (Lipinski definition) is 0. The minimum atomic E-state index is -0.427. The van der Waals surface area contributed by atoms with Crippen LogP contribution in [0, 0.1) is 18.8 Å². The van der Waals surface area contributed by atoms with Crippen molar-refractivity contribution >= 4 is 23.5 Å². The number of unbranched alkanes of at least 4 members (excludes halogenated alkanes) is 2. The summed E-state index contributed by atoms with van der Waals surface area (Å²) in [7, 11) is 0. The molecule has 0 amide bonds. The monoisotopic (exact) mass is 366 g/mol. The molecule has 0 N–H and O–H groups in total. The first kappa shape index (κ1) is 19.8. The summed E-state index contributed by atoms with van der Waals surface area (Å²) in [4.78, 5) is 25.0. The molecule has 4 nitrogen and oxygen atoms in total. The van der Waals surface area contributed by atoms with E-state index < -0.39 is 11.8 Å². The van der Waals surface area contributed by atoms with Crippen LogP contribution in [0.15, 0.2) is 18.2 Å². The molecule has 1 aromatic rings. The number of aryl methyl sites for hydroxylation is 1. The van der Waals surface area contributed by atoms with Gasteiger partial charge in [-0.3, -0.25) is 9.59 Å². The van der Waals surface area contributed by atoms with Crippen LogP contribution in [0.4, 0.5) is 0 Å². The number of halogens is 1. The van der Waals surface area contributed by atoms with Gasteiger partial charge in [-0.1, -0.05) is 44.2 Å². The van der Waals surface area contributed by atoms with Gasteiger partial charge in [0, 0.05) is 5.02 Å². The lowest BCUT2D eigenvalue weighted by Crippen LogP contribution is -2.36. The van der Waals surface area contributed by atoms with E-state index in [1.54, 1.807) is 18.2 Å². The highest BCUT2D eigenvalue weighted by atomic mass is 35.5. The number of carbonyl (C=O) groups excluding carboxylic acids is 2. The molecule has 0 bridgehead atoms. The van der Waals surface area contributed by atoms with Crippen LogP contribution in [-0.4, -0.2) is 18.5 Å². The molecule has 2 unspecified atom stereocenters. The molecule has 1 fully saturated rings. The summed E-state index contributed by atoms with van der Waals surface area (Å²) >= 11 is 6.00. The van der Waals surface area contributed by atoms with Gasteiger partial charge in [0.25, 0.3) is 0 Å². The fraction of sp³-hybridized carbons (Fsp3) is 0.600. The van der Waals surface area contributed by atoms with Crippen molar-refractivity contribution in [3.63, 3.8) is 0 Å². The molecule has 1 aliphatic carbocycles. The fourth-order valence-corrected chi connectivity index (χ4v) is 3.32. The smallest absolute Gasteiger partial charge is 0.315 e. The van der Waals surface area contributed by atoms with Crippen LogP contribution in [0.25, 0.3) is 0 Å². The normalized spacial score (nSPS) is 20.1. The van der Waals surface area contributed by atoms with Gasteiger partial charge in [0.1, 0.15) is 5.75 Å². The lowest BCUT2D eigenvalue weighted by molar-refractivity contribution is -0.158. The van der Waals surface area contributed by atoms with Crippen molar-refractivity contribution in [1.82, 2.24) is 0 Å². The maximum Gasteiger partial charge on any atom is 0.315 e. The molecule has 0 saturated heterocycles. The molecule has 138 valence electrons. The first-order valence-electron chi connectivity index (χ1n) is 9.17. The van der Waals surface area contributed by atoms with Gasteiger partial charge < -0.3 is 9.47 Å². The molecule has 0 aromatic heterocycles. The number of benzene rings is 1. The second-order valence-corrected chi connectivity index (χ2v) is 7.11. The van der Waals surface area contributed by atoms with Crippen LogP contribution in [0.3, 0.4) is 0 Å². The molecule has 25 heavy (non-hydrogen) atoms. The molecule has 0 radical (unpaired) electrons. The molecular weight excluding hydrogens is 340 g/mol. The average molecular weight is 367 g/mol. The van der Waals surface area contributed by atoms with Crippen molar-refractivity contribution in [2.24, 2.45) is 11.8 Å². The molecule has 0 aliphatic heterocycles. The van der Waals surface area contributed by atoms with Gasteiger partial charge in [-0.25, -0.2) is 0 Å². The number of carbonyl (C=O) groups is 2. The zero-order valence-corrected chi connectivity index (χ0v) is 15.8. The van der Waals surface area contributed by atoms with Crippen molar-refractivity contribution in [3.05, 3.63) is 28.8 Å². The summed E-state index contributed by atoms with van der Waals surface area (Å²) in [6.45, 7) is 4.39. The van der Waals surface area contributed by atoms with Gasteiger partial charge in [0.2, 0.25) is 0 Å². The maximum absolute atomic E-state index is 12.6. The van der Waals surface area contributed by atoms with E-state index in [1.165, 1.54) is 0 Å². The van der Waals surface area contributed by atoms with E-state index in [-0.39, 0.29) is 11.9 Å². The molecule has 0 heterocycles. The lowest BCUT2D eigenvalue weighted by atomic mass is 9.79. The van der Waals surface area contributed by atoms with E-state index in [0.717, 1.165) is 37.7 Å². The SMILES string of the molecule is CCCCCOC(=O)C1CCCCC1C(=O)Oc1ccc(Cl)c(C)c1. The number of ether oxygens (including phenoxy) is 2. The first-order chi connectivity index (χ1) is 12.0. The highest BCUT2D eigenvalue weighted by molar-refractivity contribution is 6.31. The van der Waals surface area contributed by atoms with Gasteiger partial charge in [0.05, 0.1) is 18.4 Å². The summed E-state index contributed by atoms with van der Waals surface area (Å²) in [6, 6.07) is 5.12. The van der Waals surface area contributed by atoms with Crippen LogP contribution < -0.4 is 4.74 Å². The number of hydrogen-bond acceptors (Lipinski definition) is 4. The molecule has 2 rings (SSSR count). The molecule has 1 saturated carbocycles. The minimum Gasteiger partial charge on any atom is -0.465 e. The molecule has 1 aliphatic rings. The fourth-order valence-electron chi connectivity index (χ4n) is 3.20. The van der Waals surface area contributed by atoms with Crippen LogP contribution in [0.1, 0.15) is 57.4 Å². The van der Waals surface area contributed by atoms with Gasteiger partial charge in [0.15, 0.2) is 0 Å². The largest absolute Gasteiger partial charge is 0.465 e. The van der Waals surface area contributed by atoms with Crippen LogP contribution in [0.5, 0.6) is 5.75 Å². The maximum atomic E-state index is 12.6. The van der Waals surface area contributed by atoms with E-state index in [2.05, 4.69) is 6.92 Å². The third-order valence-electron chi connectivity index (χ3n) is 4.71. The van der Waals surface area contributed by atoms with Crippen molar-refractivity contribution in [2.75, 3.05) is 6.61 Å². The Morgan fingerprint density at radius 1 is 1.12 bits per heavy atom. The lowest BCUT2D eigenvalue weighted by Gasteiger charge is -2.28. The average Bonchev–Trinajstić information content (AvgIpc) is 2.61. The zero-order valence-electron chi connectivity index (χ0n) is 15.1. The Hall–Kier alpha value is -1.55. The Labute approximate surface area is 154 Å². The Morgan fingerprint density at radius 2 is 1.80 bits per heavy atom. The van der Waals surface area contributed by atoms with Gasteiger partial charge in [-0.2, -0.15) is 0 Å². The minimum absolute atomic E-state index is 0.259. The Balaban J connectivity index is 1.97. The number of rotatable bonds is 7. The summed E-state index contributed by atoms with van der Waals surface area (Å²) in [5, 5.41) is 0.631. The van der Waals surface area contributed by atoms with E-state index in [4.69, 9.17) is 21.1 Å². The summed E-state index contributed by atoms with van der Waals surface area (Å²) in [5.41, 5.74) is 0.850. The third-order valence-corrected chi connectivity index (χ3v) is 5.14. The Morgan fingerprint density at radius 3 is 2.44 bits per heavy atom. The summed E-state index contributed by atoms with van der Waals surface area (Å²) in [6.07, 6.45) is 6.22. The third kappa shape index (κ3) is 5.74. The Kier molecular flexibility index (Phi) is 7.76. The van der Waals surface area contributed by atoms with Crippen LogP contribution in [0.2, 0.25) is 5.02 Å². The van der Waals surface area contributed by atoms with Crippen molar-refractivity contribution in [2.45, 2.75) is 58.8 Å². The van der Waals surface area contributed by atoms with Crippen LogP contribution in [-0.2, 0) is 14.3 Å². The van der Waals surface area contributed by atoms with E-state index >= 15 is 0 Å². The van der Waals surface area contributed by atoms with Crippen molar-refractivity contribution in [1.29, 1.82) is 0 Å². The summed E-state index contributed by atoms with van der Waals surface area (Å²) in [5.74, 6) is -0.964. The predicted molar refractivity (Wildman–Crippen MR) is 97.8 cm³/mol. The van der Waals surface area contributed by atoms with Gasteiger partial charge >= 0.3 is 11.9 Å². The standard InChI is InChI=1S/C20H27ClO4/c1-3-4-7-12-24-19(22)16-8-5-6-9-17(16)20(23)25-15-10-11-18(21)14(2)13-15/h10-11,13,16-17H,3-9,12H2,1-2H3. The topological polar surface area (TPSA) is 52.6 Å². The molecule has 0 spiro atoms. The Bertz CT molecular complexity index is 599. The quantitative estimate of drug-likeness (QED) is 0.383. The predicted octanol–water partition coefficient (Wildman–Crippen LogP) is 5.09. The molecule has 2 atom stereocenters.